The van der Waals surface area contributed by atoms with Crippen LogP contribution in [0.25, 0.3) is 0 Å². The molecule has 0 aromatic rings. The lowest BCUT2D eigenvalue weighted by Gasteiger charge is -2.20. The highest BCUT2D eigenvalue weighted by Crippen LogP contribution is 2.05. The van der Waals surface area contributed by atoms with E-state index < -0.39 is 0 Å². The Bertz CT molecular complexity index is 283. The molecule has 0 aromatic heterocycles. The van der Waals surface area contributed by atoms with E-state index in [9.17, 15) is 0 Å². The molecule has 0 fully saturated rings. The Kier molecular flexibility index (Phi) is 16.5. The smallest absolute Gasteiger partial charge is 0.0707 e. The molecule has 6 nitrogen and oxygen atoms in total. The molecule has 0 aliphatic rings. The van der Waals surface area contributed by atoms with Crippen LogP contribution in [0.5, 0.6) is 0 Å². The van der Waals surface area contributed by atoms with E-state index in [-0.39, 0.29) is 11.1 Å². The average Bonchev–Trinajstić information content (AvgIpc) is 2.55. The fourth-order valence-electron chi connectivity index (χ4n) is 2.10. The summed E-state index contributed by atoms with van der Waals surface area (Å²) in [7, 11) is 0. The van der Waals surface area contributed by atoms with Gasteiger partial charge in [-0.15, -0.1) is 0 Å². The van der Waals surface area contributed by atoms with Crippen LogP contribution in [-0.2, 0) is 23.7 Å². The van der Waals surface area contributed by atoms with E-state index in [1.165, 1.54) is 0 Å². The van der Waals surface area contributed by atoms with Crippen LogP contribution in [0, 0.1) is 0 Å². The molecule has 6 heteroatoms. The molecule has 164 valence electrons. The molecule has 0 aliphatic heterocycles. The third-order valence-electron chi connectivity index (χ3n) is 3.44. The maximum Gasteiger partial charge on any atom is 0.0707 e. The molecule has 0 rings (SSSR count). The molecule has 0 aliphatic carbocycles. The number of hydrogen-bond donors (Lipinski definition) is 1. The summed E-state index contributed by atoms with van der Waals surface area (Å²) in [5.74, 6) is 0. The highest BCUT2D eigenvalue weighted by molar-refractivity contribution is 4.69. The van der Waals surface area contributed by atoms with Crippen LogP contribution in [-0.4, -0.2) is 77.1 Å². The molecule has 0 atom stereocenters. The fourth-order valence-corrected chi connectivity index (χ4v) is 2.10. The first-order chi connectivity index (χ1) is 12.7. The minimum Gasteiger partial charge on any atom is -0.381 e. The minimum atomic E-state index is -0.0858. The highest BCUT2D eigenvalue weighted by Gasteiger charge is 2.09. The number of rotatable bonds is 18. The van der Waals surface area contributed by atoms with Gasteiger partial charge in [0.25, 0.3) is 0 Å². The van der Waals surface area contributed by atoms with Crippen LogP contribution in [0.1, 0.15) is 60.8 Å². The lowest BCUT2D eigenvalue weighted by Crippen LogP contribution is -2.38. The van der Waals surface area contributed by atoms with Crippen molar-refractivity contribution in [2.45, 2.75) is 71.9 Å². The molecule has 1 N–H and O–H groups in total. The second kappa shape index (κ2) is 16.7. The van der Waals surface area contributed by atoms with Crippen molar-refractivity contribution in [1.82, 2.24) is 5.32 Å². The Balaban J connectivity index is 3.07. The van der Waals surface area contributed by atoms with E-state index in [0.717, 1.165) is 58.8 Å². The molecule has 0 saturated carbocycles. The van der Waals surface area contributed by atoms with Gasteiger partial charge in [0.1, 0.15) is 0 Å². The summed E-state index contributed by atoms with van der Waals surface area (Å²) >= 11 is 0. The second-order valence-corrected chi connectivity index (χ2v) is 8.65. The Morgan fingerprint density at radius 1 is 0.519 bits per heavy atom. The van der Waals surface area contributed by atoms with Gasteiger partial charge in [0.2, 0.25) is 0 Å². The Hall–Kier alpha value is -0.240. The summed E-state index contributed by atoms with van der Waals surface area (Å²) in [5.41, 5.74) is 0.0609. The summed E-state index contributed by atoms with van der Waals surface area (Å²) in [4.78, 5) is 0. The monoisotopic (exact) mass is 391 g/mol. The predicted octanol–water partition coefficient (Wildman–Crippen LogP) is 3.43. The van der Waals surface area contributed by atoms with E-state index in [1.54, 1.807) is 0 Å². The van der Waals surface area contributed by atoms with Gasteiger partial charge < -0.3 is 29.0 Å². The second-order valence-electron chi connectivity index (χ2n) is 8.65. The maximum atomic E-state index is 5.60. The van der Waals surface area contributed by atoms with Gasteiger partial charge in [-0.3, -0.25) is 0 Å². The van der Waals surface area contributed by atoms with Crippen molar-refractivity contribution in [3.05, 3.63) is 0 Å². The van der Waals surface area contributed by atoms with Gasteiger partial charge >= 0.3 is 0 Å². The van der Waals surface area contributed by atoms with E-state index >= 15 is 0 Å². The van der Waals surface area contributed by atoms with E-state index in [1.807, 2.05) is 0 Å². The summed E-state index contributed by atoms with van der Waals surface area (Å²) in [6.07, 6.45) is 2.97. The minimum absolute atomic E-state index is 0.0858. The molecule has 0 bridgehead atoms. The Morgan fingerprint density at radius 3 is 1.48 bits per heavy atom. The lowest BCUT2D eigenvalue weighted by molar-refractivity contribution is -0.0356. The van der Waals surface area contributed by atoms with Gasteiger partial charge in [-0.2, -0.15) is 0 Å². The molecule has 0 saturated heterocycles. The lowest BCUT2D eigenvalue weighted by atomic mass is 10.1. The third-order valence-corrected chi connectivity index (χ3v) is 3.44. The zero-order valence-electron chi connectivity index (χ0n) is 18.7. The number of unbranched alkanes of at least 4 members (excludes halogenated alkanes) is 1. The summed E-state index contributed by atoms with van der Waals surface area (Å²) in [6, 6.07) is 0. The fraction of sp³-hybridized carbons (Fsp3) is 1.00. The topological polar surface area (TPSA) is 58.2 Å². The summed E-state index contributed by atoms with van der Waals surface area (Å²) < 4.78 is 27.8. The zero-order valence-corrected chi connectivity index (χ0v) is 18.7. The van der Waals surface area contributed by atoms with Crippen molar-refractivity contribution in [2.75, 3.05) is 66.0 Å². The number of hydrogen-bond acceptors (Lipinski definition) is 6. The zero-order chi connectivity index (χ0) is 20.4. The molecular weight excluding hydrogens is 346 g/mol. The van der Waals surface area contributed by atoms with Gasteiger partial charge in [-0.1, -0.05) is 0 Å². The quantitative estimate of drug-likeness (QED) is 0.361. The van der Waals surface area contributed by atoms with Gasteiger partial charge in [-0.05, 0) is 60.8 Å². The van der Waals surface area contributed by atoms with Crippen molar-refractivity contribution >= 4 is 0 Å². The van der Waals surface area contributed by atoms with Crippen LogP contribution in [0.4, 0.5) is 0 Å². The molecule has 0 heterocycles. The molecule has 0 spiro atoms. The molecular formula is C21H45NO5. The Morgan fingerprint density at radius 2 is 0.963 bits per heavy atom. The van der Waals surface area contributed by atoms with Crippen molar-refractivity contribution in [1.29, 1.82) is 0 Å². The van der Waals surface area contributed by atoms with Gasteiger partial charge in [0, 0.05) is 38.5 Å². The molecule has 0 aromatic carbocycles. The van der Waals surface area contributed by atoms with Gasteiger partial charge in [0.05, 0.1) is 38.6 Å². The van der Waals surface area contributed by atoms with Crippen molar-refractivity contribution in [3.63, 3.8) is 0 Å². The van der Waals surface area contributed by atoms with E-state index in [0.29, 0.717) is 26.4 Å². The van der Waals surface area contributed by atoms with Gasteiger partial charge in [-0.25, -0.2) is 0 Å². The van der Waals surface area contributed by atoms with Crippen LogP contribution in [0.2, 0.25) is 0 Å². The Labute approximate surface area is 167 Å². The largest absolute Gasteiger partial charge is 0.381 e. The number of nitrogens with one attached hydrogen (secondary N) is 1. The summed E-state index contributed by atoms with van der Waals surface area (Å²) in [5, 5.41) is 3.38. The normalized spacial score (nSPS) is 12.7. The van der Waals surface area contributed by atoms with E-state index in [2.05, 4.69) is 46.9 Å². The molecule has 0 radical (unpaired) electrons. The van der Waals surface area contributed by atoms with Crippen LogP contribution < -0.4 is 5.32 Å². The highest BCUT2D eigenvalue weighted by atomic mass is 16.5. The summed E-state index contributed by atoms with van der Waals surface area (Å²) in [6.45, 7) is 19.8. The molecule has 0 amide bonds. The van der Waals surface area contributed by atoms with Gasteiger partial charge in [0.15, 0.2) is 0 Å². The van der Waals surface area contributed by atoms with E-state index in [4.69, 9.17) is 23.7 Å². The molecule has 27 heavy (non-hydrogen) atoms. The van der Waals surface area contributed by atoms with Crippen LogP contribution in [0.3, 0.4) is 0 Å². The first kappa shape index (κ1) is 26.8. The van der Waals surface area contributed by atoms with Crippen molar-refractivity contribution in [2.24, 2.45) is 0 Å². The molecule has 0 unspecified atom stereocenters. The van der Waals surface area contributed by atoms with Crippen LogP contribution >= 0.6 is 0 Å². The van der Waals surface area contributed by atoms with Crippen molar-refractivity contribution < 1.29 is 23.7 Å². The van der Waals surface area contributed by atoms with Crippen LogP contribution in [0.15, 0.2) is 0 Å². The third kappa shape index (κ3) is 25.8. The average molecular weight is 392 g/mol. The standard InChI is InChI=1S/C21H45NO5/c1-20(2,3)22-10-15-26-17-16-25-14-9-13-23-11-7-8-12-24-18-19-27-21(4,5)6/h22H,7-19H2,1-6H3. The number of ether oxygens (including phenoxy) is 5. The predicted molar refractivity (Wildman–Crippen MR) is 111 cm³/mol. The first-order valence-corrected chi connectivity index (χ1v) is 10.4. The van der Waals surface area contributed by atoms with Crippen molar-refractivity contribution in [3.8, 4) is 0 Å². The maximum absolute atomic E-state index is 5.60. The SMILES string of the molecule is CC(C)(C)NCCOCCOCCCOCCCCOCCOC(C)(C)C. The first-order valence-electron chi connectivity index (χ1n) is 10.4.